The molecule has 5 N–H and O–H groups in total. The number of fused-ring (bicyclic) bond motifs is 1. The highest BCUT2D eigenvalue weighted by atomic mass is 16.1. The average molecular weight is 484 g/mol. The van der Waals surface area contributed by atoms with Gasteiger partial charge in [-0.1, -0.05) is 18.2 Å². The third-order valence-electron chi connectivity index (χ3n) is 6.24. The van der Waals surface area contributed by atoms with Crippen LogP contribution in [0.5, 0.6) is 0 Å². The molecule has 0 atom stereocenters. The SMILES string of the molecule is CN(C)CCN(C)c1cc(-c2ccc(C(=O)NCCc3ccc4[nH]cc(C(=N)N)c4c3)cc2)ccn1. The maximum atomic E-state index is 12.7. The van der Waals surface area contributed by atoms with E-state index in [2.05, 4.69) is 45.2 Å². The zero-order valence-electron chi connectivity index (χ0n) is 21.0. The number of aromatic nitrogens is 2. The van der Waals surface area contributed by atoms with Gasteiger partial charge in [0.1, 0.15) is 11.7 Å². The number of rotatable bonds is 10. The number of hydrogen-bond acceptors (Lipinski definition) is 5. The minimum absolute atomic E-state index is 0.0366. The number of nitrogens with one attached hydrogen (secondary N) is 3. The van der Waals surface area contributed by atoms with Crippen LogP contribution in [0.2, 0.25) is 0 Å². The fourth-order valence-corrected chi connectivity index (χ4v) is 4.05. The number of nitrogens with zero attached hydrogens (tertiary/aromatic N) is 3. The summed E-state index contributed by atoms with van der Waals surface area (Å²) in [6.45, 7) is 2.35. The number of nitrogens with two attached hydrogens (primary N) is 1. The van der Waals surface area contributed by atoms with Gasteiger partial charge in [-0.25, -0.2) is 4.98 Å². The molecule has 0 fully saturated rings. The number of benzene rings is 2. The lowest BCUT2D eigenvalue weighted by molar-refractivity contribution is 0.0954. The van der Waals surface area contributed by atoms with Crippen molar-refractivity contribution in [3.63, 3.8) is 0 Å². The van der Waals surface area contributed by atoms with Crippen LogP contribution in [0.1, 0.15) is 21.5 Å². The van der Waals surface area contributed by atoms with Gasteiger partial charge in [-0.05, 0) is 73.6 Å². The monoisotopic (exact) mass is 483 g/mol. The molecule has 186 valence electrons. The van der Waals surface area contributed by atoms with Crippen molar-refractivity contribution < 1.29 is 4.79 Å². The van der Waals surface area contributed by atoms with Crippen LogP contribution in [0.15, 0.2) is 67.0 Å². The normalized spacial score (nSPS) is 11.1. The van der Waals surface area contributed by atoms with Crippen LogP contribution in [-0.2, 0) is 6.42 Å². The zero-order chi connectivity index (χ0) is 25.7. The fourth-order valence-electron chi connectivity index (χ4n) is 4.05. The molecule has 2 aromatic heterocycles. The molecular formula is C28H33N7O. The number of likely N-dealkylation sites (N-methyl/N-ethyl adjacent to an activating group) is 2. The summed E-state index contributed by atoms with van der Waals surface area (Å²) < 4.78 is 0. The van der Waals surface area contributed by atoms with Gasteiger partial charge >= 0.3 is 0 Å². The minimum Gasteiger partial charge on any atom is -0.384 e. The molecule has 8 heteroatoms. The second-order valence-electron chi connectivity index (χ2n) is 9.21. The minimum atomic E-state index is -0.104. The van der Waals surface area contributed by atoms with Crippen LogP contribution in [-0.4, -0.2) is 67.4 Å². The zero-order valence-corrected chi connectivity index (χ0v) is 21.0. The number of hydrogen-bond donors (Lipinski definition) is 4. The Balaban J connectivity index is 1.35. The Morgan fingerprint density at radius 3 is 2.53 bits per heavy atom. The smallest absolute Gasteiger partial charge is 0.251 e. The maximum absolute atomic E-state index is 12.7. The van der Waals surface area contributed by atoms with E-state index in [0.717, 1.165) is 46.5 Å². The lowest BCUT2D eigenvalue weighted by Crippen LogP contribution is -2.28. The molecule has 36 heavy (non-hydrogen) atoms. The standard InChI is InChI=1S/C28H33N7O/c1-34(2)14-15-35(3)26-17-22(11-13-31-26)20-5-7-21(8-6-20)28(36)32-12-10-19-4-9-25-23(16-19)24(18-33-25)27(29)30/h4-9,11,13,16-18,33H,10,12,14-15H2,1-3H3,(H3,29,30)(H,32,36). The van der Waals surface area contributed by atoms with Gasteiger partial charge < -0.3 is 25.8 Å². The second-order valence-corrected chi connectivity index (χ2v) is 9.21. The summed E-state index contributed by atoms with van der Waals surface area (Å²) in [4.78, 5) is 24.6. The van der Waals surface area contributed by atoms with Crippen LogP contribution in [0, 0.1) is 5.41 Å². The predicted molar refractivity (Wildman–Crippen MR) is 147 cm³/mol. The van der Waals surface area contributed by atoms with Crippen LogP contribution in [0.25, 0.3) is 22.0 Å². The third-order valence-corrected chi connectivity index (χ3v) is 6.24. The van der Waals surface area contributed by atoms with Gasteiger partial charge in [0.25, 0.3) is 5.91 Å². The van der Waals surface area contributed by atoms with Crippen molar-refractivity contribution in [1.82, 2.24) is 20.2 Å². The number of pyridine rings is 1. The van der Waals surface area contributed by atoms with E-state index in [1.54, 1.807) is 6.20 Å². The predicted octanol–water partition coefficient (Wildman–Crippen LogP) is 3.48. The highest BCUT2D eigenvalue weighted by molar-refractivity contribution is 6.07. The summed E-state index contributed by atoms with van der Waals surface area (Å²) in [7, 11) is 6.16. The van der Waals surface area contributed by atoms with Crippen LogP contribution < -0.4 is 16.0 Å². The number of H-pyrrole nitrogens is 1. The first kappa shape index (κ1) is 24.9. The molecule has 2 aromatic carbocycles. The van der Waals surface area contributed by atoms with Crippen molar-refractivity contribution in [2.24, 2.45) is 5.73 Å². The number of nitrogen functional groups attached to an aromatic ring is 1. The summed E-state index contributed by atoms with van der Waals surface area (Å²) in [5.74, 6) is 0.853. The van der Waals surface area contributed by atoms with Crippen molar-refractivity contribution >= 4 is 28.5 Å². The van der Waals surface area contributed by atoms with Gasteiger partial charge in [-0.15, -0.1) is 0 Å². The third kappa shape index (κ3) is 5.90. The molecule has 0 bridgehead atoms. The first-order chi connectivity index (χ1) is 17.3. The lowest BCUT2D eigenvalue weighted by atomic mass is 10.0. The first-order valence-electron chi connectivity index (χ1n) is 12.0. The van der Waals surface area contributed by atoms with E-state index in [9.17, 15) is 4.79 Å². The van der Waals surface area contributed by atoms with Crippen molar-refractivity contribution in [2.75, 3.05) is 45.7 Å². The summed E-state index contributed by atoms with van der Waals surface area (Å²) >= 11 is 0. The average Bonchev–Trinajstić information content (AvgIpc) is 3.31. The summed E-state index contributed by atoms with van der Waals surface area (Å²) in [5, 5.41) is 11.6. The molecule has 4 rings (SSSR count). The van der Waals surface area contributed by atoms with Crippen molar-refractivity contribution in [3.8, 4) is 11.1 Å². The van der Waals surface area contributed by atoms with Crippen LogP contribution in [0.4, 0.5) is 5.82 Å². The maximum Gasteiger partial charge on any atom is 0.251 e. The molecule has 0 saturated carbocycles. The molecule has 0 spiro atoms. The topological polar surface area (TPSA) is 114 Å². The van der Waals surface area contributed by atoms with Crippen molar-refractivity contribution in [3.05, 3.63) is 83.7 Å². The Morgan fingerprint density at radius 2 is 1.81 bits per heavy atom. The molecule has 2 heterocycles. The van der Waals surface area contributed by atoms with Gasteiger partial charge in [0.05, 0.1) is 0 Å². The Kier molecular flexibility index (Phi) is 7.65. The number of amidine groups is 1. The molecule has 0 aliphatic rings. The van der Waals surface area contributed by atoms with E-state index < -0.39 is 0 Å². The number of aromatic amines is 1. The summed E-state index contributed by atoms with van der Waals surface area (Å²) in [6.07, 6.45) is 4.25. The highest BCUT2D eigenvalue weighted by Gasteiger charge is 2.10. The number of carbonyl (C=O) groups is 1. The number of carbonyl (C=O) groups excluding carboxylic acids is 1. The molecule has 0 saturated heterocycles. The van der Waals surface area contributed by atoms with Crippen LogP contribution >= 0.6 is 0 Å². The molecular weight excluding hydrogens is 450 g/mol. The number of amides is 1. The van der Waals surface area contributed by atoms with E-state index in [1.165, 1.54) is 0 Å². The Bertz CT molecular complexity index is 1360. The fraction of sp³-hybridized carbons (Fsp3) is 0.250. The van der Waals surface area contributed by atoms with Crippen molar-refractivity contribution in [1.29, 1.82) is 5.41 Å². The van der Waals surface area contributed by atoms with E-state index in [4.69, 9.17) is 11.1 Å². The van der Waals surface area contributed by atoms with Crippen LogP contribution in [0.3, 0.4) is 0 Å². The van der Waals surface area contributed by atoms with E-state index >= 15 is 0 Å². The highest BCUT2D eigenvalue weighted by Crippen LogP contribution is 2.23. The van der Waals surface area contributed by atoms with Gasteiger partial charge in [-0.2, -0.15) is 0 Å². The molecule has 0 aliphatic heterocycles. The summed E-state index contributed by atoms with van der Waals surface area (Å²) in [6, 6.07) is 17.7. The lowest BCUT2D eigenvalue weighted by Gasteiger charge is -2.21. The molecule has 1 amide bonds. The Morgan fingerprint density at radius 1 is 1.03 bits per heavy atom. The van der Waals surface area contributed by atoms with Gasteiger partial charge in [0, 0.05) is 61.1 Å². The Labute approximate surface area is 211 Å². The van der Waals surface area contributed by atoms with E-state index in [0.29, 0.717) is 24.1 Å². The van der Waals surface area contributed by atoms with Crippen molar-refractivity contribution in [2.45, 2.75) is 6.42 Å². The Hall–Kier alpha value is -4.17. The largest absolute Gasteiger partial charge is 0.384 e. The molecule has 0 unspecified atom stereocenters. The quantitative estimate of drug-likeness (QED) is 0.204. The second kappa shape index (κ2) is 11.0. The molecule has 0 aliphatic carbocycles. The summed E-state index contributed by atoms with van der Waals surface area (Å²) in [5.41, 5.74) is 11.1. The first-order valence-corrected chi connectivity index (χ1v) is 12.0. The van der Waals surface area contributed by atoms with Gasteiger partial charge in [0.15, 0.2) is 0 Å². The van der Waals surface area contributed by atoms with E-state index in [1.807, 2.05) is 61.8 Å². The van der Waals surface area contributed by atoms with Gasteiger partial charge in [0.2, 0.25) is 0 Å². The molecule has 0 radical (unpaired) electrons. The van der Waals surface area contributed by atoms with Gasteiger partial charge in [-0.3, -0.25) is 10.2 Å². The van der Waals surface area contributed by atoms with E-state index in [-0.39, 0.29) is 11.7 Å². The molecule has 8 nitrogen and oxygen atoms in total. The molecule has 4 aromatic rings. The number of anilines is 1.